The zero-order valence-electron chi connectivity index (χ0n) is 11.3. The number of hydrogen-bond acceptors (Lipinski definition) is 4. The number of methoxy groups -OCH3 is 1. The van der Waals surface area contributed by atoms with Crippen molar-refractivity contribution in [3.05, 3.63) is 24.3 Å². The first-order valence-corrected chi connectivity index (χ1v) is 6.48. The Balaban J connectivity index is 2.00. The van der Waals surface area contributed by atoms with Gasteiger partial charge in [-0.3, -0.25) is 4.79 Å². The van der Waals surface area contributed by atoms with Crippen LogP contribution in [0.5, 0.6) is 5.75 Å². The zero-order chi connectivity index (χ0) is 13.8. The highest BCUT2D eigenvalue weighted by Gasteiger charge is 2.26. The van der Waals surface area contributed by atoms with Crippen molar-refractivity contribution < 1.29 is 14.6 Å². The third-order valence-electron chi connectivity index (χ3n) is 3.34. The first-order valence-electron chi connectivity index (χ1n) is 6.48. The van der Waals surface area contributed by atoms with E-state index in [1.807, 2.05) is 24.3 Å². The number of para-hydroxylation sites is 2. The van der Waals surface area contributed by atoms with Gasteiger partial charge in [-0.25, -0.2) is 0 Å². The Morgan fingerprint density at radius 3 is 2.95 bits per heavy atom. The minimum Gasteiger partial charge on any atom is -0.495 e. The summed E-state index contributed by atoms with van der Waals surface area (Å²) in [6.07, 6.45) is -0.0865. The molecule has 0 unspecified atom stereocenters. The number of carbonyl (C=O) groups excluding carboxylic acids is 1. The van der Waals surface area contributed by atoms with Crippen molar-refractivity contribution in [1.82, 2.24) is 5.32 Å². The van der Waals surface area contributed by atoms with E-state index in [4.69, 9.17) is 4.74 Å². The van der Waals surface area contributed by atoms with E-state index in [9.17, 15) is 9.90 Å². The number of rotatable bonds is 4. The second-order valence-corrected chi connectivity index (χ2v) is 4.79. The molecule has 104 valence electrons. The lowest BCUT2D eigenvalue weighted by Crippen LogP contribution is -2.41. The van der Waals surface area contributed by atoms with Crippen molar-refractivity contribution in [3.8, 4) is 5.75 Å². The zero-order valence-corrected chi connectivity index (χ0v) is 11.3. The second-order valence-electron chi connectivity index (χ2n) is 4.79. The van der Waals surface area contributed by atoms with E-state index >= 15 is 0 Å². The van der Waals surface area contributed by atoms with Crippen LogP contribution < -0.4 is 15.0 Å². The van der Waals surface area contributed by atoms with Gasteiger partial charge in [-0.1, -0.05) is 12.1 Å². The van der Waals surface area contributed by atoms with Gasteiger partial charge in [-0.2, -0.15) is 0 Å². The van der Waals surface area contributed by atoms with Crippen LogP contribution in [0.3, 0.4) is 0 Å². The molecule has 0 bridgehead atoms. The quantitative estimate of drug-likeness (QED) is 0.843. The summed E-state index contributed by atoms with van der Waals surface area (Å²) in [4.78, 5) is 13.6. The number of hydrogen-bond donors (Lipinski definition) is 2. The maximum Gasteiger partial charge on any atom is 0.248 e. The number of benzene rings is 1. The highest BCUT2D eigenvalue weighted by atomic mass is 16.5. The number of carbonyl (C=O) groups is 1. The van der Waals surface area contributed by atoms with Gasteiger partial charge in [0.25, 0.3) is 0 Å². The normalized spacial score (nSPS) is 20.2. The fourth-order valence-electron chi connectivity index (χ4n) is 2.31. The number of aliphatic hydroxyl groups excluding tert-OH is 1. The van der Waals surface area contributed by atoms with Crippen LogP contribution in [-0.2, 0) is 4.79 Å². The van der Waals surface area contributed by atoms with E-state index in [-0.39, 0.29) is 11.9 Å². The largest absolute Gasteiger partial charge is 0.495 e. The second kappa shape index (κ2) is 5.93. The van der Waals surface area contributed by atoms with Gasteiger partial charge in [-0.05, 0) is 25.5 Å². The lowest BCUT2D eigenvalue weighted by molar-refractivity contribution is -0.129. The topological polar surface area (TPSA) is 61.8 Å². The summed E-state index contributed by atoms with van der Waals surface area (Å²) in [5, 5.41) is 12.0. The van der Waals surface area contributed by atoms with Crippen molar-refractivity contribution in [2.75, 3.05) is 25.1 Å². The maximum atomic E-state index is 11.5. The summed E-state index contributed by atoms with van der Waals surface area (Å²) >= 11 is 0. The Morgan fingerprint density at radius 1 is 1.53 bits per heavy atom. The van der Waals surface area contributed by atoms with Gasteiger partial charge in [0.2, 0.25) is 5.91 Å². The Kier molecular flexibility index (Phi) is 4.27. The molecule has 0 aliphatic carbocycles. The minimum atomic E-state index is -0.958. The van der Waals surface area contributed by atoms with Gasteiger partial charge in [0.15, 0.2) is 0 Å². The molecule has 19 heavy (non-hydrogen) atoms. The van der Waals surface area contributed by atoms with Crippen LogP contribution in [0.1, 0.15) is 13.3 Å². The lowest BCUT2D eigenvalue weighted by atomic mass is 10.2. The van der Waals surface area contributed by atoms with Gasteiger partial charge >= 0.3 is 0 Å². The molecule has 1 aliphatic rings. The molecular formula is C14H20N2O3. The van der Waals surface area contributed by atoms with Crippen molar-refractivity contribution in [3.63, 3.8) is 0 Å². The van der Waals surface area contributed by atoms with E-state index in [0.29, 0.717) is 0 Å². The minimum absolute atomic E-state index is 0.0759. The molecular weight excluding hydrogens is 244 g/mol. The number of amides is 1. The molecule has 0 saturated carbocycles. The number of ether oxygens (including phenoxy) is 1. The first-order chi connectivity index (χ1) is 9.11. The highest BCUT2D eigenvalue weighted by molar-refractivity contribution is 5.80. The van der Waals surface area contributed by atoms with Crippen LogP contribution >= 0.6 is 0 Å². The summed E-state index contributed by atoms with van der Waals surface area (Å²) in [5.74, 6) is 0.525. The molecule has 1 aromatic rings. The molecule has 1 fully saturated rings. The van der Waals surface area contributed by atoms with Crippen LogP contribution in [0.2, 0.25) is 0 Å². The molecule has 2 atom stereocenters. The fraction of sp³-hybridized carbons (Fsp3) is 0.500. The average molecular weight is 264 g/mol. The Labute approximate surface area is 113 Å². The average Bonchev–Trinajstić information content (AvgIpc) is 2.86. The molecule has 2 rings (SSSR count). The van der Waals surface area contributed by atoms with Crippen LogP contribution in [0.4, 0.5) is 5.69 Å². The molecule has 0 aromatic heterocycles. The molecule has 0 spiro atoms. The van der Waals surface area contributed by atoms with Crippen molar-refractivity contribution >= 4 is 11.6 Å². The molecule has 1 saturated heterocycles. The van der Waals surface area contributed by atoms with Gasteiger partial charge in [0.1, 0.15) is 11.9 Å². The third kappa shape index (κ3) is 3.17. The summed E-state index contributed by atoms with van der Waals surface area (Å²) in [5.41, 5.74) is 1.04. The fourth-order valence-corrected chi connectivity index (χ4v) is 2.31. The van der Waals surface area contributed by atoms with Gasteiger partial charge in [-0.15, -0.1) is 0 Å². The molecule has 1 amide bonds. The van der Waals surface area contributed by atoms with Gasteiger partial charge < -0.3 is 20.1 Å². The van der Waals surface area contributed by atoms with Gasteiger partial charge in [0.05, 0.1) is 12.8 Å². The number of nitrogens with one attached hydrogen (secondary N) is 1. The van der Waals surface area contributed by atoms with Crippen LogP contribution in [0.25, 0.3) is 0 Å². The predicted octanol–water partition coefficient (Wildman–Crippen LogP) is 0.771. The smallest absolute Gasteiger partial charge is 0.248 e. The van der Waals surface area contributed by atoms with Crippen LogP contribution in [0.15, 0.2) is 24.3 Å². The van der Waals surface area contributed by atoms with Crippen molar-refractivity contribution in [1.29, 1.82) is 0 Å². The van der Waals surface area contributed by atoms with Gasteiger partial charge in [0, 0.05) is 19.1 Å². The Bertz CT molecular complexity index is 448. The molecule has 0 radical (unpaired) electrons. The molecule has 1 aliphatic heterocycles. The van der Waals surface area contributed by atoms with Crippen LogP contribution in [0, 0.1) is 0 Å². The standard InChI is InChI=1S/C14H20N2O3/c1-10(17)14(18)15-11-7-8-16(9-11)12-5-3-4-6-13(12)19-2/h3-6,10-11,17H,7-9H2,1-2H3,(H,15,18)/t10-,11-/m1/s1. The number of anilines is 1. The molecule has 5 heteroatoms. The summed E-state index contributed by atoms with van der Waals surface area (Å²) < 4.78 is 5.34. The van der Waals surface area contributed by atoms with Crippen LogP contribution in [-0.4, -0.2) is 43.4 Å². The SMILES string of the molecule is COc1ccccc1N1CC[C@@H](NC(=O)[C@@H](C)O)C1. The molecule has 1 heterocycles. The van der Waals surface area contributed by atoms with E-state index in [2.05, 4.69) is 10.2 Å². The number of nitrogens with zero attached hydrogens (tertiary/aromatic N) is 1. The van der Waals surface area contributed by atoms with Crippen molar-refractivity contribution in [2.24, 2.45) is 0 Å². The monoisotopic (exact) mass is 264 g/mol. The van der Waals surface area contributed by atoms with E-state index in [0.717, 1.165) is 30.9 Å². The van der Waals surface area contributed by atoms with E-state index in [1.54, 1.807) is 7.11 Å². The predicted molar refractivity (Wildman–Crippen MR) is 73.4 cm³/mol. The summed E-state index contributed by atoms with van der Waals surface area (Å²) in [6, 6.07) is 7.92. The highest BCUT2D eigenvalue weighted by Crippen LogP contribution is 2.30. The summed E-state index contributed by atoms with van der Waals surface area (Å²) in [7, 11) is 1.65. The number of aliphatic hydroxyl groups is 1. The first kappa shape index (κ1) is 13.7. The van der Waals surface area contributed by atoms with E-state index in [1.165, 1.54) is 6.92 Å². The molecule has 1 aromatic carbocycles. The summed E-state index contributed by atoms with van der Waals surface area (Å²) in [6.45, 7) is 3.08. The maximum absolute atomic E-state index is 11.5. The molecule has 5 nitrogen and oxygen atoms in total. The van der Waals surface area contributed by atoms with E-state index < -0.39 is 6.10 Å². The Morgan fingerprint density at radius 2 is 2.26 bits per heavy atom. The third-order valence-corrected chi connectivity index (χ3v) is 3.34. The molecule has 2 N–H and O–H groups in total. The lowest BCUT2D eigenvalue weighted by Gasteiger charge is -2.21. The Hall–Kier alpha value is -1.75. The van der Waals surface area contributed by atoms with Crippen molar-refractivity contribution in [2.45, 2.75) is 25.5 Å².